The first-order valence-corrected chi connectivity index (χ1v) is 10.8. The third kappa shape index (κ3) is 19.9. The Labute approximate surface area is 199 Å². The van der Waals surface area contributed by atoms with E-state index in [1.807, 2.05) is 20.8 Å². The van der Waals surface area contributed by atoms with E-state index in [0.717, 1.165) is 5.69 Å². The molecule has 0 bridgehead atoms. The van der Waals surface area contributed by atoms with E-state index in [4.69, 9.17) is 33.6 Å². The second-order valence-electron chi connectivity index (χ2n) is 7.62. The number of nitro groups is 1. The lowest BCUT2D eigenvalue weighted by atomic mass is 10.2. The van der Waals surface area contributed by atoms with E-state index in [1.165, 1.54) is 12.1 Å². The summed E-state index contributed by atoms with van der Waals surface area (Å²) in [6.45, 7) is 9.33. The van der Waals surface area contributed by atoms with Gasteiger partial charge in [0.25, 0.3) is 12.2 Å². The minimum atomic E-state index is -0.475. The summed E-state index contributed by atoms with van der Waals surface area (Å²) in [4.78, 5) is 30.0. The highest BCUT2D eigenvalue weighted by Crippen LogP contribution is 2.14. The summed E-state index contributed by atoms with van der Waals surface area (Å²) in [6, 6.07) is 6.23. The Morgan fingerprint density at radius 1 is 0.941 bits per heavy atom. The van der Waals surface area contributed by atoms with Crippen LogP contribution in [0.1, 0.15) is 27.2 Å². The van der Waals surface area contributed by atoms with Gasteiger partial charge in [-0.05, 0) is 32.9 Å². The van der Waals surface area contributed by atoms with Crippen molar-refractivity contribution in [2.45, 2.75) is 32.8 Å². The number of carboxylic acid groups (broad SMARTS) is 1. The molecule has 0 spiro atoms. The quantitative estimate of drug-likeness (QED) is 0.109. The third-order valence-electron chi connectivity index (χ3n) is 3.64. The van der Waals surface area contributed by atoms with Crippen molar-refractivity contribution in [2.75, 3.05) is 64.7 Å². The molecule has 0 radical (unpaired) electrons. The number of non-ortho nitro benzene ring substituents is 1. The maximum atomic E-state index is 11.5. The van der Waals surface area contributed by atoms with Gasteiger partial charge in [-0.2, -0.15) is 0 Å². The lowest BCUT2D eigenvalue weighted by molar-refractivity contribution is -0.384. The van der Waals surface area contributed by atoms with E-state index in [1.54, 1.807) is 12.1 Å². The van der Waals surface area contributed by atoms with Crippen LogP contribution in [0.3, 0.4) is 0 Å². The predicted molar refractivity (Wildman–Crippen MR) is 124 cm³/mol. The van der Waals surface area contributed by atoms with Gasteiger partial charge in [0.1, 0.15) is 5.60 Å². The molecule has 34 heavy (non-hydrogen) atoms. The van der Waals surface area contributed by atoms with Crippen LogP contribution in [0.5, 0.6) is 0 Å². The highest BCUT2D eigenvalue weighted by molar-refractivity contribution is 5.69. The Kier molecular flexibility index (Phi) is 18.0. The van der Waals surface area contributed by atoms with E-state index >= 15 is 0 Å². The number of carbonyl (C=O) groups excluding carboxylic acids is 1. The van der Waals surface area contributed by atoms with Gasteiger partial charge in [-0.1, -0.05) is 0 Å². The largest absolute Gasteiger partial charge is 0.483 e. The van der Waals surface area contributed by atoms with Crippen LogP contribution in [0.25, 0.3) is 0 Å². The summed E-state index contributed by atoms with van der Waals surface area (Å²) in [7, 11) is 0. The van der Waals surface area contributed by atoms with Crippen LogP contribution in [-0.2, 0) is 33.3 Å². The summed E-state index contributed by atoms with van der Waals surface area (Å²) >= 11 is 0. The molecule has 0 saturated carbocycles. The highest BCUT2D eigenvalue weighted by atomic mass is 16.6. The van der Waals surface area contributed by atoms with Crippen LogP contribution in [0.2, 0.25) is 0 Å². The topological polar surface area (TPSA) is 156 Å². The molecule has 0 aromatic heterocycles. The van der Waals surface area contributed by atoms with Crippen molar-refractivity contribution < 1.29 is 43.3 Å². The number of nitro benzene ring substituents is 1. The number of nitrogens with one attached hydrogen (secondary N) is 1. The zero-order chi connectivity index (χ0) is 25.7. The van der Waals surface area contributed by atoms with Crippen LogP contribution in [0.15, 0.2) is 24.3 Å². The van der Waals surface area contributed by atoms with Crippen molar-refractivity contribution in [3.63, 3.8) is 0 Å². The van der Waals surface area contributed by atoms with Crippen LogP contribution >= 0.6 is 0 Å². The lowest BCUT2D eigenvalue weighted by Crippen LogP contribution is -2.24. The number of rotatable bonds is 17. The minimum Gasteiger partial charge on any atom is -0.483 e. The molecule has 12 nitrogen and oxygen atoms in total. The SMILES string of the molecule is CC(C)(C)OC(=O)CCOCCOCCOCCOCCNc1ccc([N+](=O)[O-])cc1.O=CO. The van der Waals surface area contributed by atoms with Crippen molar-refractivity contribution in [1.29, 1.82) is 0 Å². The second-order valence-corrected chi connectivity index (χ2v) is 7.62. The Morgan fingerprint density at radius 3 is 1.82 bits per heavy atom. The molecule has 0 saturated heterocycles. The van der Waals surface area contributed by atoms with Crippen LogP contribution in [0.4, 0.5) is 11.4 Å². The zero-order valence-corrected chi connectivity index (χ0v) is 20.0. The normalized spacial score (nSPS) is 10.7. The van der Waals surface area contributed by atoms with Gasteiger partial charge in [0.15, 0.2) is 0 Å². The van der Waals surface area contributed by atoms with Crippen molar-refractivity contribution in [3.8, 4) is 0 Å². The predicted octanol–water partition coefficient (Wildman–Crippen LogP) is 2.51. The number of benzene rings is 1. The average molecular weight is 489 g/mol. The van der Waals surface area contributed by atoms with Gasteiger partial charge in [-0.3, -0.25) is 19.7 Å². The number of carbonyl (C=O) groups is 2. The molecule has 0 aliphatic carbocycles. The fourth-order valence-corrected chi connectivity index (χ4v) is 2.28. The maximum Gasteiger partial charge on any atom is 0.308 e. The van der Waals surface area contributed by atoms with Gasteiger partial charge in [0, 0.05) is 24.4 Å². The number of nitrogens with zero attached hydrogens (tertiary/aromatic N) is 1. The molecule has 1 aromatic carbocycles. The fraction of sp³-hybridized carbons (Fsp3) is 0.636. The van der Waals surface area contributed by atoms with E-state index in [2.05, 4.69) is 5.32 Å². The van der Waals surface area contributed by atoms with Crippen LogP contribution in [0, 0.1) is 10.1 Å². The van der Waals surface area contributed by atoms with E-state index < -0.39 is 10.5 Å². The van der Waals surface area contributed by atoms with Gasteiger partial charge >= 0.3 is 5.97 Å². The van der Waals surface area contributed by atoms with Crippen molar-refractivity contribution in [3.05, 3.63) is 34.4 Å². The highest BCUT2D eigenvalue weighted by Gasteiger charge is 2.15. The Morgan fingerprint density at radius 2 is 1.38 bits per heavy atom. The van der Waals surface area contributed by atoms with E-state index in [0.29, 0.717) is 59.4 Å². The Balaban J connectivity index is 0.00000343. The molecular weight excluding hydrogens is 452 g/mol. The van der Waals surface area contributed by atoms with Gasteiger partial charge < -0.3 is 34.1 Å². The Bertz CT molecular complexity index is 677. The first kappa shape index (κ1) is 31.2. The molecule has 0 aliphatic heterocycles. The van der Waals surface area contributed by atoms with Gasteiger partial charge in [-0.25, -0.2) is 0 Å². The smallest absolute Gasteiger partial charge is 0.308 e. The fourth-order valence-electron chi connectivity index (χ4n) is 2.28. The molecule has 0 heterocycles. The summed E-state index contributed by atoms with van der Waals surface area (Å²) in [5, 5.41) is 20.6. The summed E-state index contributed by atoms with van der Waals surface area (Å²) < 4.78 is 26.7. The summed E-state index contributed by atoms with van der Waals surface area (Å²) in [6.07, 6.45) is 0.226. The summed E-state index contributed by atoms with van der Waals surface area (Å²) in [5.74, 6) is -0.272. The monoisotopic (exact) mass is 488 g/mol. The zero-order valence-electron chi connectivity index (χ0n) is 20.0. The lowest BCUT2D eigenvalue weighted by Gasteiger charge is -2.19. The van der Waals surface area contributed by atoms with Crippen molar-refractivity contribution in [2.24, 2.45) is 0 Å². The number of anilines is 1. The number of hydrogen-bond donors (Lipinski definition) is 2. The average Bonchev–Trinajstić information content (AvgIpc) is 2.76. The molecule has 0 aliphatic rings. The molecule has 2 N–H and O–H groups in total. The first-order chi connectivity index (χ1) is 16.2. The van der Waals surface area contributed by atoms with E-state index in [-0.39, 0.29) is 24.5 Å². The van der Waals surface area contributed by atoms with Crippen LogP contribution in [-0.4, -0.2) is 87.5 Å². The van der Waals surface area contributed by atoms with Crippen molar-refractivity contribution >= 4 is 23.8 Å². The molecule has 1 rings (SSSR count). The van der Waals surface area contributed by atoms with Gasteiger partial charge in [0.05, 0.1) is 64.2 Å². The second kappa shape index (κ2) is 19.6. The maximum absolute atomic E-state index is 11.5. The van der Waals surface area contributed by atoms with Crippen LogP contribution < -0.4 is 5.32 Å². The number of hydrogen-bond acceptors (Lipinski definition) is 10. The summed E-state index contributed by atoms with van der Waals surface area (Å²) in [5.41, 5.74) is 0.391. The number of esters is 1. The molecule has 12 heteroatoms. The molecule has 0 amide bonds. The Hall–Kier alpha value is -2.80. The standard InChI is InChI=1S/C21H34N2O8.CH2O2/c1-21(2,3)31-20(24)8-10-27-12-14-29-16-17-30-15-13-28-11-9-22-18-4-6-19(7-5-18)23(25)26;2-1-3/h4-7,22H,8-17H2,1-3H3;1H,(H,2,3). The molecule has 194 valence electrons. The molecule has 0 fully saturated rings. The number of ether oxygens (including phenoxy) is 5. The third-order valence-corrected chi connectivity index (χ3v) is 3.64. The van der Waals surface area contributed by atoms with E-state index in [9.17, 15) is 14.9 Å². The molecule has 1 aromatic rings. The van der Waals surface area contributed by atoms with Gasteiger partial charge in [-0.15, -0.1) is 0 Å². The van der Waals surface area contributed by atoms with Crippen molar-refractivity contribution in [1.82, 2.24) is 0 Å². The molecular formula is C22H36N2O10. The molecule has 0 atom stereocenters. The molecule has 0 unspecified atom stereocenters. The van der Waals surface area contributed by atoms with Gasteiger partial charge in [0.2, 0.25) is 0 Å². The first-order valence-electron chi connectivity index (χ1n) is 10.8. The minimum absolute atomic E-state index is 0.0636.